The van der Waals surface area contributed by atoms with Gasteiger partial charge in [-0.3, -0.25) is 14.4 Å². The Kier molecular flexibility index (Phi) is 6.07. The largest absolute Gasteiger partial charge is 0.368 e. The van der Waals surface area contributed by atoms with E-state index in [-0.39, 0.29) is 29.9 Å². The first-order valence-corrected chi connectivity index (χ1v) is 11.7. The van der Waals surface area contributed by atoms with E-state index in [0.717, 1.165) is 16.9 Å². The Bertz CT molecular complexity index is 1260. The van der Waals surface area contributed by atoms with Gasteiger partial charge in [-0.05, 0) is 43.3 Å². The monoisotopic (exact) mass is 473 g/mol. The number of piperazine rings is 1. The molecular weight excluding hydrogens is 446 g/mol. The van der Waals surface area contributed by atoms with Gasteiger partial charge in [0, 0.05) is 68.6 Å². The van der Waals surface area contributed by atoms with E-state index >= 15 is 0 Å². The lowest BCUT2D eigenvalue weighted by atomic mass is 10.1. The van der Waals surface area contributed by atoms with Gasteiger partial charge in [-0.2, -0.15) is 4.98 Å². The Labute approximate surface area is 203 Å². The van der Waals surface area contributed by atoms with E-state index in [0.29, 0.717) is 50.0 Å². The third-order valence-electron chi connectivity index (χ3n) is 6.65. The summed E-state index contributed by atoms with van der Waals surface area (Å²) in [5.74, 6) is 0.592. The van der Waals surface area contributed by atoms with E-state index in [1.165, 1.54) is 0 Å². The number of aromatic nitrogens is 2. The van der Waals surface area contributed by atoms with Gasteiger partial charge >= 0.3 is 0 Å². The van der Waals surface area contributed by atoms with Gasteiger partial charge in [0.25, 0.3) is 0 Å². The number of aryl methyl sites for hydroxylation is 1. The maximum absolute atomic E-state index is 13.2. The molecule has 0 radical (unpaired) electrons. The van der Waals surface area contributed by atoms with Crippen molar-refractivity contribution in [3.63, 3.8) is 0 Å². The minimum Gasteiger partial charge on any atom is -0.368 e. The molecule has 0 N–H and O–H groups in total. The molecule has 2 aromatic carbocycles. The molecule has 2 amide bonds. The third kappa shape index (κ3) is 4.66. The molecule has 35 heavy (non-hydrogen) atoms. The third-order valence-corrected chi connectivity index (χ3v) is 6.65. The standard InChI is InChI=1S/C26H27N5O4/c1-17(32)19-6-8-22(9-7-19)29-10-12-30(13-11-29)26(34)21-15-24(33)31(16-21)23-5-3-4-20(14-23)25-27-18(2)35-28-25/h3-9,14,21H,10-13,15-16H2,1-2H3/t21-/m1/s1. The first kappa shape index (κ1) is 22.8. The van der Waals surface area contributed by atoms with E-state index in [2.05, 4.69) is 15.0 Å². The van der Waals surface area contributed by atoms with Gasteiger partial charge in [0.15, 0.2) is 5.78 Å². The first-order chi connectivity index (χ1) is 16.9. The van der Waals surface area contributed by atoms with Crippen molar-refractivity contribution >= 4 is 29.0 Å². The maximum atomic E-state index is 13.2. The lowest BCUT2D eigenvalue weighted by molar-refractivity contribution is -0.136. The predicted octanol–water partition coefficient (Wildman–Crippen LogP) is 2.95. The number of benzene rings is 2. The molecule has 5 rings (SSSR count). The Hall–Kier alpha value is -4.01. The van der Waals surface area contributed by atoms with Crippen molar-refractivity contribution < 1.29 is 18.9 Å². The summed E-state index contributed by atoms with van der Waals surface area (Å²) in [6.45, 7) is 6.27. The molecule has 1 aromatic heterocycles. The molecule has 2 saturated heterocycles. The molecule has 2 aliphatic heterocycles. The normalized spacial score (nSPS) is 18.3. The second-order valence-corrected chi connectivity index (χ2v) is 9.01. The van der Waals surface area contributed by atoms with Crippen LogP contribution in [0.25, 0.3) is 11.4 Å². The van der Waals surface area contributed by atoms with Crippen LogP contribution in [0.4, 0.5) is 11.4 Å². The number of nitrogens with zero attached hydrogens (tertiary/aromatic N) is 5. The molecule has 0 spiro atoms. The molecule has 3 heterocycles. The fourth-order valence-corrected chi connectivity index (χ4v) is 4.70. The number of hydrogen-bond acceptors (Lipinski definition) is 7. The predicted molar refractivity (Wildman–Crippen MR) is 130 cm³/mol. The molecule has 0 saturated carbocycles. The van der Waals surface area contributed by atoms with Gasteiger partial charge in [-0.1, -0.05) is 17.3 Å². The summed E-state index contributed by atoms with van der Waals surface area (Å²) in [6.07, 6.45) is 0.205. The van der Waals surface area contributed by atoms with Gasteiger partial charge in [0.05, 0.1) is 5.92 Å². The Morgan fingerprint density at radius 3 is 2.40 bits per heavy atom. The molecular formula is C26H27N5O4. The van der Waals surface area contributed by atoms with E-state index in [4.69, 9.17) is 4.52 Å². The molecule has 2 fully saturated rings. The van der Waals surface area contributed by atoms with Crippen LogP contribution in [0.2, 0.25) is 0 Å². The Morgan fingerprint density at radius 2 is 1.74 bits per heavy atom. The molecule has 180 valence electrons. The number of amides is 2. The van der Waals surface area contributed by atoms with E-state index in [1.54, 1.807) is 18.7 Å². The second-order valence-electron chi connectivity index (χ2n) is 9.01. The lowest BCUT2D eigenvalue weighted by Crippen LogP contribution is -2.50. The highest BCUT2D eigenvalue weighted by molar-refractivity contribution is 6.00. The molecule has 0 aliphatic carbocycles. The number of rotatable bonds is 5. The average Bonchev–Trinajstić information content (AvgIpc) is 3.49. The van der Waals surface area contributed by atoms with E-state index in [1.807, 2.05) is 53.4 Å². The van der Waals surface area contributed by atoms with Crippen LogP contribution in [0.3, 0.4) is 0 Å². The van der Waals surface area contributed by atoms with Crippen LogP contribution in [-0.2, 0) is 9.59 Å². The van der Waals surface area contributed by atoms with Gasteiger partial charge in [0.2, 0.25) is 23.5 Å². The summed E-state index contributed by atoms with van der Waals surface area (Å²) in [6, 6.07) is 15.0. The lowest BCUT2D eigenvalue weighted by Gasteiger charge is -2.37. The van der Waals surface area contributed by atoms with Crippen molar-refractivity contribution in [1.29, 1.82) is 0 Å². The summed E-state index contributed by atoms with van der Waals surface area (Å²) >= 11 is 0. The SMILES string of the molecule is CC(=O)c1ccc(N2CCN(C(=O)[C@@H]3CC(=O)N(c4cccc(-c5noc(C)n5)c4)C3)CC2)cc1. The highest BCUT2D eigenvalue weighted by Crippen LogP contribution is 2.30. The fraction of sp³-hybridized carbons (Fsp3) is 0.346. The Balaban J connectivity index is 1.21. The molecule has 3 aromatic rings. The fourth-order valence-electron chi connectivity index (χ4n) is 4.70. The minimum atomic E-state index is -0.361. The topological polar surface area (TPSA) is 99.9 Å². The van der Waals surface area contributed by atoms with Crippen molar-refractivity contribution in [2.45, 2.75) is 20.3 Å². The quantitative estimate of drug-likeness (QED) is 0.525. The summed E-state index contributed by atoms with van der Waals surface area (Å²) in [5, 5.41) is 3.95. The molecule has 9 heteroatoms. The van der Waals surface area contributed by atoms with Crippen LogP contribution in [0, 0.1) is 12.8 Å². The average molecular weight is 474 g/mol. The molecule has 0 unspecified atom stereocenters. The first-order valence-electron chi connectivity index (χ1n) is 11.7. The van der Waals surface area contributed by atoms with Gasteiger partial charge < -0.3 is 19.2 Å². The van der Waals surface area contributed by atoms with Gasteiger partial charge in [-0.15, -0.1) is 0 Å². The summed E-state index contributed by atoms with van der Waals surface area (Å²) in [7, 11) is 0. The molecule has 0 bridgehead atoms. The molecule has 2 aliphatic rings. The zero-order valence-corrected chi connectivity index (χ0v) is 19.8. The maximum Gasteiger partial charge on any atom is 0.228 e. The number of ketones is 1. The van der Waals surface area contributed by atoms with Crippen LogP contribution >= 0.6 is 0 Å². The number of anilines is 2. The number of hydrogen-bond donors (Lipinski definition) is 0. The van der Waals surface area contributed by atoms with E-state index in [9.17, 15) is 14.4 Å². The Morgan fingerprint density at radius 1 is 1.00 bits per heavy atom. The zero-order chi connectivity index (χ0) is 24.5. The summed E-state index contributed by atoms with van der Waals surface area (Å²) in [5.41, 5.74) is 3.22. The van der Waals surface area contributed by atoms with Crippen LogP contribution in [0.15, 0.2) is 53.1 Å². The zero-order valence-electron chi connectivity index (χ0n) is 19.8. The van der Waals surface area contributed by atoms with Crippen LogP contribution in [0.5, 0.6) is 0 Å². The highest BCUT2D eigenvalue weighted by Gasteiger charge is 2.38. The van der Waals surface area contributed by atoms with Crippen molar-refractivity contribution in [1.82, 2.24) is 15.0 Å². The highest BCUT2D eigenvalue weighted by atomic mass is 16.5. The van der Waals surface area contributed by atoms with Crippen molar-refractivity contribution in [2.24, 2.45) is 5.92 Å². The van der Waals surface area contributed by atoms with E-state index < -0.39 is 0 Å². The number of carbonyl (C=O) groups is 3. The summed E-state index contributed by atoms with van der Waals surface area (Å²) in [4.78, 5) is 47.5. The summed E-state index contributed by atoms with van der Waals surface area (Å²) < 4.78 is 5.06. The van der Waals surface area contributed by atoms with Crippen LogP contribution in [-0.4, -0.2) is 65.4 Å². The smallest absolute Gasteiger partial charge is 0.228 e. The number of Topliss-reactive ketones (excluding diaryl/α,β-unsaturated/α-hetero) is 1. The van der Waals surface area contributed by atoms with Crippen molar-refractivity contribution in [3.8, 4) is 11.4 Å². The number of carbonyl (C=O) groups excluding carboxylic acids is 3. The van der Waals surface area contributed by atoms with Gasteiger partial charge in [0.1, 0.15) is 0 Å². The van der Waals surface area contributed by atoms with Crippen molar-refractivity contribution in [2.75, 3.05) is 42.5 Å². The van der Waals surface area contributed by atoms with Gasteiger partial charge in [-0.25, -0.2) is 0 Å². The van der Waals surface area contributed by atoms with Crippen molar-refractivity contribution in [3.05, 3.63) is 60.0 Å². The molecule has 9 nitrogen and oxygen atoms in total. The van der Waals surface area contributed by atoms with Crippen LogP contribution in [0.1, 0.15) is 29.6 Å². The molecule has 1 atom stereocenters. The minimum absolute atomic E-state index is 0.0253. The van der Waals surface area contributed by atoms with Crippen LogP contribution < -0.4 is 9.80 Å². The second kappa shape index (κ2) is 9.32.